The van der Waals surface area contributed by atoms with Gasteiger partial charge in [-0.3, -0.25) is 28.8 Å². The van der Waals surface area contributed by atoms with E-state index in [2.05, 4.69) is 10.6 Å². The summed E-state index contributed by atoms with van der Waals surface area (Å²) in [6.07, 6.45) is -1.40. The third kappa shape index (κ3) is 12.3. The third-order valence-corrected chi connectivity index (χ3v) is 4.37. The molecule has 0 aliphatic heterocycles. The van der Waals surface area contributed by atoms with Gasteiger partial charge in [-0.15, -0.1) is 0 Å². The van der Waals surface area contributed by atoms with Gasteiger partial charge in [0, 0.05) is 0 Å². The van der Waals surface area contributed by atoms with Crippen LogP contribution in [0.3, 0.4) is 0 Å². The number of rotatable bonds is 17. The van der Waals surface area contributed by atoms with Gasteiger partial charge < -0.3 is 49.1 Å². The molecule has 4 unspecified atom stereocenters. The van der Waals surface area contributed by atoms with Crippen molar-refractivity contribution in [1.82, 2.24) is 16.0 Å². The van der Waals surface area contributed by atoms with E-state index in [0.717, 1.165) is 0 Å². The number of carbonyl (C=O) groups excluding carboxylic acids is 5. The largest absolute Gasteiger partial charge is 0.481 e. The van der Waals surface area contributed by atoms with Crippen molar-refractivity contribution in [2.24, 2.45) is 22.9 Å². The summed E-state index contributed by atoms with van der Waals surface area (Å²) in [7, 11) is 0. The highest BCUT2D eigenvalue weighted by Gasteiger charge is 2.31. The minimum atomic E-state index is -1.77. The van der Waals surface area contributed by atoms with E-state index in [-0.39, 0.29) is 13.0 Å². The highest BCUT2D eigenvalue weighted by Crippen LogP contribution is 2.05. The molecule has 0 radical (unpaired) electrons. The minimum Gasteiger partial charge on any atom is -0.481 e. The van der Waals surface area contributed by atoms with Crippen molar-refractivity contribution in [3.8, 4) is 0 Å². The van der Waals surface area contributed by atoms with Crippen molar-refractivity contribution in [3.63, 3.8) is 0 Å². The Morgan fingerprint density at radius 1 is 0.676 bits per heavy atom. The highest BCUT2D eigenvalue weighted by atomic mass is 16.4. The molecule has 0 aliphatic carbocycles. The van der Waals surface area contributed by atoms with Crippen molar-refractivity contribution >= 4 is 41.5 Å². The van der Waals surface area contributed by atoms with E-state index in [4.69, 9.17) is 33.1 Å². The molecule has 13 N–H and O–H groups in total. The van der Waals surface area contributed by atoms with Gasteiger partial charge in [0.05, 0.1) is 25.3 Å². The zero-order chi connectivity index (χ0) is 26.4. The van der Waals surface area contributed by atoms with Crippen molar-refractivity contribution in [2.75, 3.05) is 6.54 Å². The SMILES string of the molecule is NCCCCC(NC(=O)C(CC(N)=O)NC(=O)C(N)CC(N)=O)C(=O)NC(CC(=O)O)C(=O)O. The fraction of sp³-hybridized carbons (Fsp3) is 0.611. The summed E-state index contributed by atoms with van der Waals surface area (Å²) in [6.45, 7) is 0.261. The second-order valence-corrected chi connectivity index (χ2v) is 7.35. The van der Waals surface area contributed by atoms with E-state index in [0.29, 0.717) is 12.8 Å². The molecule has 34 heavy (non-hydrogen) atoms. The van der Waals surface area contributed by atoms with E-state index in [1.165, 1.54) is 0 Å². The van der Waals surface area contributed by atoms with Gasteiger partial charge in [0.15, 0.2) is 0 Å². The van der Waals surface area contributed by atoms with Gasteiger partial charge in [0.2, 0.25) is 29.5 Å². The number of carboxylic acids is 2. The molecule has 0 aromatic rings. The Balaban J connectivity index is 5.56. The molecule has 4 atom stereocenters. The average Bonchev–Trinajstić information content (AvgIpc) is 2.70. The van der Waals surface area contributed by atoms with Gasteiger partial charge in [-0.25, -0.2) is 4.79 Å². The smallest absolute Gasteiger partial charge is 0.326 e. The van der Waals surface area contributed by atoms with Crippen LogP contribution in [0, 0.1) is 0 Å². The zero-order valence-electron chi connectivity index (χ0n) is 18.3. The molecule has 16 nitrogen and oxygen atoms in total. The van der Waals surface area contributed by atoms with Crippen LogP contribution in [0.1, 0.15) is 38.5 Å². The Morgan fingerprint density at radius 2 is 1.18 bits per heavy atom. The van der Waals surface area contributed by atoms with Gasteiger partial charge in [0.25, 0.3) is 0 Å². The predicted octanol–water partition coefficient (Wildman–Crippen LogP) is -4.79. The van der Waals surface area contributed by atoms with Gasteiger partial charge in [-0.05, 0) is 25.8 Å². The molecule has 0 saturated carbocycles. The second kappa shape index (κ2) is 15.1. The monoisotopic (exact) mass is 489 g/mol. The van der Waals surface area contributed by atoms with Gasteiger partial charge >= 0.3 is 11.9 Å². The number of amides is 5. The average molecular weight is 489 g/mol. The van der Waals surface area contributed by atoms with Crippen LogP contribution < -0.4 is 38.9 Å². The number of unbranched alkanes of at least 4 members (excludes halogenated alkanes) is 1. The molecule has 0 fully saturated rings. The first kappa shape index (κ1) is 30.2. The standard InChI is InChI=1S/C18H31N7O9/c19-4-2-1-3-9(16(31)25-11(18(33)34)7-14(28)29)23-17(32)10(6-13(22)27)24-15(30)8(20)5-12(21)26/h8-11H,1-7,19-20H2,(H2,21,26)(H2,22,27)(H,23,32)(H,24,30)(H,25,31)(H,28,29)(H,33,34). The van der Waals surface area contributed by atoms with Crippen molar-refractivity contribution < 1.29 is 43.8 Å². The first-order chi connectivity index (χ1) is 15.8. The number of nitrogens with two attached hydrogens (primary N) is 4. The number of carboxylic acid groups (broad SMARTS) is 2. The minimum absolute atomic E-state index is 0.0212. The van der Waals surface area contributed by atoms with Gasteiger partial charge in [-0.1, -0.05) is 0 Å². The van der Waals surface area contributed by atoms with Gasteiger partial charge in [-0.2, -0.15) is 0 Å². The number of aliphatic carboxylic acids is 2. The molecule has 0 saturated heterocycles. The molecule has 192 valence electrons. The van der Waals surface area contributed by atoms with E-state index in [1.807, 2.05) is 5.32 Å². The van der Waals surface area contributed by atoms with E-state index >= 15 is 0 Å². The van der Waals surface area contributed by atoms with Crippen LogP contribution in [0.15, 0.2) is 0 Å². The number of nitrogens with one attached hydrogen (secondary N) is 3. The third-order valence-electron chi connectivity index (χ3n) is 4.37. The molecular formula is C18H31N7O9. The maximum absolute atomic E-state index is 12.7. The van der Waals surface area contributed by atoms with Crippen LogP contribution in [-0.4, -0.2) is 82.4 Å². The molecule has 0 aromatic carbocycles. The quantitative estimate of drug-likeness (QED) is 0.0873. The van der Waals surface area contributed by atoms with Crippen LogP contribution >= 0.6 is 0 Å². The lowest BCUT2D eigenvalue weighted by Crippen LogP contribution is -2.58. The Bertz CT molecular complexity index is 790. The topological polar surface area (TPSA) is 300 Å². The summed E-state index contributed by atoms with van der Waals surface area (Å²) in [5, 5.41) is 24.4. The van der Waals surface area contributed by atoms with Crippen LogP contribution in [0.2, 0.25) is 0 Å². The lowest BCUT2D eigenvalue weighted by molar-refractivity contribution is -0.147. The Kier molecular flexibility index (Phi) is 13.4. The summed E-state index contributed by atoms with van der Waals surface area (Å²) in [5.41, 5.74) is 21.0. The Morgan fingerprint density at radius 3 is 1.65 bits per heavy atom. The number of hydrogen-bond donors (Lipinski definition) is 9. The molecule has 0 heterocycles. The van der Waals surface area contributed by atoms with E-state index in [9.17, 15) is 33.6 Å². The molecule has 5 amide bonds. The number of primary amides is 2. The molecule has 16 heteroatoms. The Hall–Kier alpha value is -3.79. The lowest BCUT2D eigenvalue weighted by Gasteiger charge is -2.24. The summed E-state index contributed by atoms with van der Waals surface area (Å²) >= 11 is 0. The van der Waals surface area contributed by atoms with E-state index in [1.54, 1.807) is 0 Å². The molecule has 0 bridgehead atoms. The van der Waals surface area contributed by atoms with E-state index < -0.39 is 84.9 Å². The fourth-order valence-electron chi connectivity index (χ4n) is 2.68. The maximum Gasteiger partial charge on any atom is 0.326 e. The molecule has 0 spiro atoms. The summed E-state index contributed by atoms with van der Waals surface area (Å²) in [6, 6.07) is -6.13. The maximum atomic E-state index is 12.7. The number of carbonyl (C=O) groups is 7. The molecule has 0 aromatic heterocycles. The van der Waals surface area contributed by atoms with Crippen LogP contribution in [0.25, 0.3) is 0 Å². The first-order valence-electron chi connectivity index (χ1n) is 10.2. The van der Waals surface area contributed by atoms with Gasteiger partial charge in [0.1, 0.15) is 18.1 Å². The second-order valence-electron chi connectivity index (χ2n) is 7.35. The first-order valence-corrected chi connectivity index (χ1v) is 10.2. The fourth-order valence-corrected chi connectivity index (χ4v) is 2.68. The lowest BCUT2D eigenvalue weighted by atomic mass is 10.1. The molecular weight excluding hydrogens is 458 g/mol. The summed E-state index contributed by atoms with van der Waals surface area (Å²) in [4.78, 5) is 81.9. The summed E-state index contributed by atoms with van der Waals surface area (Å²) < 4.78 is 0. The van der Waals surface area contributed by atoms with Crippen LogP contribution in [0.5, 0.6) is 0 Å². The normalized spacial score (nSPS) is 14.1. The van der Waals surface area contributed by atoms with Crippen LogP contribution in [0.4, 0.5) is 0 Å². The Labute approximate surface area is 194 Å². The van der Waals surface area contributed by atoms with Crippen LogP contribution in [-0.2, 0) is 33.6 Å². The molecule has 0 aliphatic rings. The van der Waals surface area contributed by atoms with Crippen molar-refractivity contribution in [3.05, 3.63) is 0 Å². The van der Waals surface area contributed by atoms with Crippen molar-refractivity contribution in [2.45, 2.75) is 62.7 Å². The summed E-state index contributed by atoms with van der Waals surface area (Å²) in [5.74, 6) is -7.98. The van der Waals surface area contributed by atoms with Crippen molar-refractivity contribution in [1.29, 1.82) is 0 Å². The highest BCUT2D eigenvalue weighted by molar-refractivity contribution is 5.97. The predicted molar refractivity (Wildman–Crippen MR) is 114 cm³/mol. The zero-order valence-corrected chi connectivity index (χ0v) is 18.3. The molecule has 0 rings (SSSR count). The number of hydrogen-bond acceptors (Lipinski definition) is 9.